The van der Waals surface area contributed by atoms with Gasteiger partial charge in [-0.3, -0.25) is 4.79 Å². The number of amides is 1. The first-order valence-corrected chi connectivity index (χ1v) is 9.83. The molecule has 27 heavy (non-hydrogen) atoms. The summed E-state index contributed by atoms with van der Waals surface area (Å²) in [6.07, 6.45) is 0.820. The van der Waals surface area contributed by atoms with E-state index in [1.54, 1.807) is 33.1 Å². The average Bonchev–Trinajstić information content (AvgIpc) is 3.00. The summed E-state index contributed by atoms with van der Waals surface area (Å²) in [6.45, 7) is 2.63. The summed E-state index contributed by atoms with van der Waals surface area (Å²) in [5.74, 6) is 1.92. The van der Waals surface area contributed by atoms with Crippen molar-refractivity contribution in [2.45, 2.75) is 24.0 Å². The summed E-state index contributed by atoms with van der Waals surface area (Å²) in [4.78, 5) is 14.7. The van der Waals surface area contributed by atoms with Crippen molar-refractivity contribution in [1.29, 1.82) is 0 Å². The molecule has 1 amide bonds. The van der Waals surface area contributed by atoms with Gasteiger partial charge in [0, 0.05) is 6.54 Å². The Morgan fingerprint density at radius 2 is 1.63 bits per heavy atom. The number of methoxy groups -OCH3 is 3. The van der Waals surface area contributed by atoms with Crippen LogP contribution in [0.5, 0.6) is 17.2 Å². The van der Waals surface area contributed by atoms with E-state index in [4.69, 9.17) is 14.2 Å². The minimum atomic E-state index is -0.0788. The van der Waals surface area contributed by atoms with E-state index in [0.29, 0.717) is 23.8 Å². The molecule has 0 spiro atoms. The Balaban J connectivity index is 1.90. The first kappa shape index (κ1) is 19.4. The third-order valence-corrected chi connectivity index (χ3v) is 6.10. The SMILES string of the molecule is COc1cc([C@@H]2S[C@H](C)C(=O)N2CCc2ccccc2)cc(OC)c1OC. The van der Waals surface area contributed by atoms with Gasteiger partial charge in [-0.1, -0.05) is 30.3 Å². The van der Waals surface area contributed by atoms with Crippen LogP contribution in [-0.2, 0) is 11.2 Å². The number of benzene rings is 2. The number of ether oxygens (including phenoxy) is 3. The maximum Gasteiger partial charge on any atom is 0.236 e. The molecule has 3 rings (SSSR count). The molecule has 0 N–H and O–H groups in total. The highest BCUT2D eigenvalue weighted by Crippen LogP contribution is 2.47. The van der Waals surface area contributed by atoms with Crippen LogP contribution in [0.3, 0.4) is 0 Å². The molecule has 2 aromatic carbocycles. The van der Waals surface area contributed by atoms with Crippen LogP contribution in [0.4, 0.5) is 0 Å². The van der Waals surface area contributed by atoms with E-state index in [1.165, 1.54) is 5.56 Å². The standard InChI is InChI=1S/C21H25NO4S/c1-14-20(23)22(11-10-15-8-6-5-7-9-15)21(27-14)16-12-17(24-2)19(26-4)18(13-16)25-3/h5-9,12-14,21H,10-11H2,1-4H3/t14-,21+/m1/s1. The van der Waals surface area contributed by atoms with Gasteiger partial charge in [-0.25, -0.2) is 0 Å². The van der Waals surface area contributed by atoms with E-state index in [0.717, 1.165) is 12.0 Å². The predicted molar refractivity (Wildman–Crippen MR) is 108 cm³/mol. The molecule has 0 saturated carbocycles. The molecule has 0 aromatic heterocycles. The van der Waals surface area contributed by atoms with Gasteiger partial charge in [-0.2, -0.15) is 0 Å². The maximum absolute atomic E-state index is 12.8. The van der Waals surface area contributed by atoms with Crippen molar-refractivity contribution < 1.29 is 19.0 Å². The van der Waals surface area contributed by atoms with Crippen LogP contribution in [0.2, 0.25) is 0 Å². The van der Waals surface area contributed by atoms with Crippen LogP contribution in [0.1, 0.15) is 23.4 Å². The van der Waals surface area contributed by atoms with Crippen LogP contribution in [0.15, 0.2) is 42.5 Å². The van der Waals surface area contributed by atoms with E-state index in [1.807, 2.05) is 42.2 Å². The zero-order valence-corrected chi connectivity index (χ0v) is 16.9. The minimum Gasteiger partial charge on any atom is -0.493 e. The van der Waals surface area contributed by atoms with Gasteiger partial charge in [0.2, 0.25) is 11.7 Å². The summed E-state index contributed by atoms with van der Waals surface area (Å²) in [5, 5.41) is -0.158. The molecule has 1 heterocycles. The van der Waals surface area contributed by atoms with Gasteiger partial charge >= 0.3 is 0 Å². The molecule has 0 aliphatic carbocycles. The highest BCUT2D eigenvalue weighted by atomic mass is 32.2. The Labute approximate surface area is 164 Å². The molecule has 144 valence electrons. The highest BCUT2D eigenvalue weighted by molar-refractivity contribution is 8.01. The van der Waals surface area contributed by atoms with Gasteiger partial charge < -0.3 is 19.1 Å². The number of hydrogen-bond acceptors (Lipinski definition) is 5. The second-order valence-electron chi connectivity index (χ2n) is 6.36. The van der Waals surface area contributed by atoms with Crippen molar-refractivity contribution >= 4 is 17.7 Å². The molecule has 0 unspecified atom stereocenters. The van der Waals surface area contributed by atoms with Crippen molar-refractivity contribution in [2.24, 2.45) is 0 Å². The fraction of sp³-hybridized carbons (Fsp3) is 0.381. The zero-order chi connectivity index (χ0) is 19.4. The van der Waals surface area contributed by atoms with Crippen LogP contribution in [-0.4, -0.2) is 43.9 Å². The van der Waals surface area contributed by atoms with Crippen LogP contribution >= 0.6 is 11.8 Å². The molecule has 0 radical (unpaired) electrons. The maximum atomic E-state index is 12.8. The molecule has 0 bridgehead atoms. The van der Waals surface area contributed by atoms with Gasteiger partial charge in [0.1, 0.15) is 5.37 Å². The number of thioether (sulfide) groups is 1. The molecule has 1 aliphatic rings. The summed E-state index contributed by atoms with van der Waals surface area (Å²) in [7, 11) is 4.79. The first-order chi connectivity index (χ1) is 13.1. The van der Waals surface area contributed by atoms with Gasteiger partial charge in [-0.15, -0.1) is 11.8 Å². The van der Waals surface area contributed by atoms with Crippen LogP contribution in [0.25, 0.3) is 0 Å². The second kappa shape index (κ2) is 8.57. The molecule has 1 aliphatic heterocycles. The van der Waals surface area contributed by atoms with Crippen molar-refractivity contribution in [2.75, 3.05) is 27.9 Å². The lowest BCUT2D eigenvalue weighted by Gasteiger charge is -2.25. The number of nitrogens with zero attached hydrogens (tertiary/aromatic N) is 1. The predicted octanol–water partition coefficient (Wildman–Crippen LogP) is 3.92. The quantitative estimate of drug-likeness (QED) is 0.721. The Morgan fingerprint density at radius 1 is 1.00 bits per heavy atom. The number of rotatable bonds is 7. The summed E-state index contributed by atoms with van der Waals surface area (Å²) < 4.78 is 16.4. The first-order valence-electron chi connectivity index (χ1n) is 8.88. The normalized spacial score (nSPS) is 19.3. The van der Waals surface area contributed by atoms with Crippen LogP contribution < -0.4 is 14.2 Å². The van der Waals surface area contributed by atoms with Gasteiger partial charge in [0.25, 0.3) is 0 Å². The number of carbonyl (C=O) groups is 1. The van der Waals surface area contributed by atoms with Crippen molar-refractivity contribution in [3.05, 3.63) is 53.6 Å². The van der Waals surface area contributed by atoms with E-state index < -0.39 is 0 Å². The van der Waals surface area contributed by atoms with E-state index >= 15 is 0 Å². The monoisotopic (exact) mass is 387 g/mol. The molecular formula is C21H25NO4S. The third kappa shape index (κ3) is 4.00. The largest absolute Gasteiger partial charge is 0.493 e. The summed E-state index contributed by atoms with van der Waals surface area (Å²) >= 11 is 1.65. The van der Waals surface area contributed by atoms with Crippen molar-refractivity contribution in [1.82, 2.24) is 4.90 Å². The van der Waals surface area contributed by atoms with E-state index in [-0.39, 0.29) is 16.5 Å². The molecule has 6 heteroatoms. The second-order valence-corrected chi connectivity index (χ2v) is 7.78. The van der Waals surface area contributed by atoms with Gasteiger partial charge in [-0.05, 0) is 36.6 Å². The average molecular weight is 388 g/mol. The molecule has 5 nitrogen and oxygen atoms in total. The number of hydrogen-bond donors (Lipinski definition) is 0. The molecule has 1 saturated heterocycles. The van der Waals surface area contributed by atoms with Crippen molar-refractivity contribution in [3.63, 3.8) is 0 Å². The van der Waals surface area contributed by atoms with Gasteiger partial charge in [0.15, 0.2) is 11.5 Å². The van der Waals surface area contributed by atoms with E-state index in [9.17, 15) is 4.79 Å². The number of carbonyl (C=O) groups excluding carboxylic acids is 1. The minimum absolute atomic E-state index is 0.0788. The highest BCUT2D eigenvalue weighted by Gasteiger charge is 2.38. The fourth-order valence-corrected chi connectivity index (χ4v) is 4.59. The summed E-state index contributed by atoms with van der Waals surface area (Å²) in [5.41, 5.74) is 2.19. The lowest BCUT2D eigenvalue weighted by atomic mass is 10.1. The Bertz CT molecular complexity index is 771. The lowest BCUT2D eigenvalue weighted by molar-refractivity contribution is -0.129. The Morgan fingerprint density at radius 3 is 2.19 bits per heavy atom. The van der Waals surface area contributed by atoms with Crippen molar-refractivity contribution in [3.8, 4) is 17.2 Å². The lowest BCUT2D eigenvalue weighted by Crippen LogP contribution is -2.32. The fourth-order valence-electron chi connectivity index (χ4n) is 3.30. The smallest absolute Gasteiger partial charge is 0.236 e. The van der Waals surface area contributed by atoms with E-state index in [2.05, 4.69) is 12.1 Å². The van der Waals surface area contributed by atoms with Gasteiger partial charge in [0.05, 0.1) is 26.6 Å². The molecule has 2 atom stereocenters. The summed E-state index contributed by atoms with van der Waals surface area (Å²) in [6, 6.07) is 14.1. The topological polar surface area (TPSA) is 48.0 Å². The van der Waals surface area contributed by atoms with Crippen LogP contribution in [0, 0.1) is 0 Å². The Hall–Kier alpha value is -2.34. The third-order valence-electron chi connectivity index (χ3n) is 4.70. The Kier molecular flexibility index (Phi) is 6.16. The zero-order valence-electron chi connectivity index (χ0n) is 16.1. The molecule has 1 fully saturated rings. The molecular weight excluding hydrogens is 362 g/mol. The molecule has 2 aromatic rings.